The Morgan fingerprint density at radius 1 is 1.29 bits per heavy atom. The van der Waals surface area contributed by atoms with Crippen molar-refractivity contribution in [2.24, 2.45) is 0 Å². The predicted octanol–water partition coefficient (Wildman–Crippen LogP) is 1.60. The van der Waals surface area contributed by atoms with Crippen molar-refractivity contribution in [1.29, 1.82) is 5.26 Å². The summed E-state index contributed by atoms with van der Waals surface area (Å²) in [5.74, 6) is -0.274. The molecule has 5 heteroatoms. The largest absolute Gasteiger partial charge is 0.379 e. The second kappa shape index (κ2) is 6.52. The van der Waals surface area contributed by atoms with E-state index in [2.05, 4.69) is 9.80 Å². The highest BCUT2D eigenvalue weighted by Gasteiger charge is 2.28. The summed E-state index contributed by atoms with van der Waals surface area (Å²) in [7, 11) is 0. The summed E-state index contributed by atoms with van der Waals surface area (Å²) in [5, 5.41) is 8.77. The van der Waals surface area contributed by atoms with Crippen molar-refractivity contribution < 1.29 is 9.13 Å². The number of halogens is 1. The molecule has 0 spiro atoms. The van der Waals surface area contributed by atoms with Gasteiger partial charge in [-0.3, -0.25) is 9.80 Å². The molecule has 1 aromatic rings. The molecule has 2 heterocycles. The first-order valence-electron chi connectivity index (χ1n) is 7.49. The molecule has 0 amide bonds. The Morgan fingerprint density at radius 2 is 2.10 bits per heavy atom. The third-order valence-corrected chi connectivity index (χ3v) is 4.39. The molecule has 4 nitrogen and oxygen atoms in total. The van der Waals surface area contributed by atoms with Gasteiger partial charge in [-0.05, 0) is 18.6 Å². The molecular weight excluding hydrogens is 269 g/mol. The molecule has 2 saturated heterocycles. The molecule has 0 bridgehead atoms. The average molecular weight is 289 g/mol. The maximum atomic E-state index is 13.9. The summed E-state index contributed by atoms with van der Waals surface area (Å²) in [6.45, 7) is 6.26. The molecular formula is C16H20FN3O. The van der Waals surface area contributed by atoms with E-state index in [9.17, 15) is 4.39 Å². The van der Waals surface area contributed by atoms with Crippen molar-refractivity contribution >= 4 is 0 Å². The van der Waals surface area contributed by atoms with Gasteiger partial charge in [0.2, 0.25) is 0 Å². The number of benzene rings is 1. The number of nitrogens with zero attached hydrogens (tertiary/aromatic N) is 3. The summed E-state index contributed by atoms with van der Waals surface area (Å²) in [4.78, 5) is 4.78. The average Bonchev–Trinajstić information content (AvgIpc) is 2.99. The van der Waals surface area contributed by atoms with Gasteiger partial charge < -0.3 is 4.74 Å². The molecule has 2 aliphatic heterocycles. The van der Waals surface area contributed by atoms with Crippen LogP contribution >= 0.6 is 0 Å². The number of ether oxygens (including phenoxy) is 1. The van der Waals surface area contributed by atoms with Gasteiger partial charge in [0.25, 0.3) is 0 Å². The van der Waals surface area contributed by atoms with Crippen LogP contribution in [0.4, 0.5) is 4.39 Å². The molecule has 0 saturated carbocycles. The third kappa shape index (κ3) is 3.41. The zero-order chi connectivity index (χ0) is 14.7. The summed E-state index contributed by atoms with van der Waals surface area (Å²) >= 11 is 0. The lowest BCUT2D eigenvalue weighted by atomic mass is 10.1. The van der Waals surface area contributed by atoms with Crippen LogP contribution in [-0.2, 0) is 11.3 Å². The first-order valence-corrected chi connectivity index (χ1v) is 7.49. The smallest absolute Gasteiger partial charge is 0.129 e. The molecule has 0 radical (unpaired) electrons. The van der Waals surface area contributed by atoms with E-state index < -0.39 is 0 Å². The van der Waals surface area contributed by atoms with Crippen molar-refractivity contribution in [2.45, 2.75) is 19.0 Å². The van der Waals surface area contributed by atoms with Gasteiger partial charge in [-0.15, -0.1) is 0 Å². The van der Waals surface area contributed by atoms with Gasteiger partial charge in [-0.25, -0.2) is 4.39 Å². The van der Waals surface area contributed by atoms with Crippen LogP contribution in [0, 0.1) is 17.1 Å². The van der Waals surface area contributed by atoms with Crippen molar-refractivity contribution in [2.75, 3.05) is 39.4 Å². The fraction of sp³-hybridized carbons (Fsp3) is 0.562. The van der Waals surface area contributed by atoms with Crippen LogP contribution in [0.15, 0.2) is 18.2 Å². The molecule has 2 aliphatic rings. The van der Waals surface area contributed by atoms with Gasteiger partial charge in [-0.1, -0.05) is 6.07 Å². The lowest BCUT2D eigenvalue weighted by Gasteiger charge is -2.32. The van der Waals surface area contributed by atoms with Gasteiger partial charge in [0.15, 0.2) is 0 Å². The van der Waals surface area contributed by atoms with Crippen molar-refractivity contribution in [3.63, 3.8) is 0 Å². The normalized spacial score (nSPS) is 24.1. The molecule has 21 heavy (non-hydrogen) atoms. The van der Waals surface area contributed by atoms with Crippen molar-refractivity contribution in [1.82, 2.24) is 9.80 Å². The first-order chi connectivity index (χ1) is 10.3. The zero-order valence-electron chi connectivity index (χ0n) is 12.1. The molecule has 1 unspecified atom stereocenters. The number of likely N-dealkylation sites (tertiary alicyclic amines) is 1. The minimum Gasteiger partial charge on any atom is -0.379 e. The molecule has 112 valence electrons. The van der Waals surface area contributed by atoms with E-state index >= 15 is 0 Å². The topological polar surface area (TPSA) is 39.5 Å². The van der Waals surface area contributed by atoms with Gasteiger partial charge in [0.1, 0.15) is 5.82 Å². The number of hydrogen-bond acceptors (Lipinski definition) is 4. The highest BCUT2D eigenvalue weighted by molar-refractivity contribution is 5.32. The van der Waals surface area contributed by atoms with Crippen LogP contribution in [0.2, 0.25) is 0 Å². The van der Waals surface area contributed by atoms with Gasteiger partial charge in [0.05, 0.1) is 24.8 Å². The molecule has 0 N–H and O–H groups in total. The fourth-order valence-electron chi connectivity index (χ4n) is 3.18. The molecule has 1 aromatic carbocycles. The number of nitriles is 1. The molecule has 1 atom stereocenters. The van der Waals surface area contributed by atoms with E-state index in [4.69, 9.17) is 10.00 Å². The van der Waals surface area contributed by atoms with Gasteiger partial charge >= 0.3 is 0 Å². The highest BCUT2D eigenvalue weighted by Crippen LogP contribution is 2.20. The Kier molecular flexibility index (Phi) is 4.49. The van der Waals surface area contributed by atoms with E-state index in [1.807, 2.05) is 6.07 Å². The van der Waals surface area contributed by atoms with Crippen molar-refractivity contribution in [3.05, 3.63) is 35.1 Å². The second-order valence-electron chi connectivity index (χ2n) is 5.74. The maximum absolute atomic E-state index is 13.9. The number of morpholine rings is 1. The highest BCUT2D eigenvalue weighted by atomic mass is 19.1. The maximum Gasteiger partial charge on any atom is 0.129 e. The summed E-state index contributed by atoms with van der Waals surface area (Å²) in [5.41, 5.74) is 1.06. The minimum absolute atomic E-state index is 0.274. The summed E-state index contributed by atoms with van der Waals surface area (Å²) in [6, 6.07) is 7.28. The van der Waals surface area contributed by atoms with Crippen LogP contribution in [0.1, 0.15) is 17.5 Å². The minimum atomic E-state index is -0.274. The quantitative estimate of drug-likeness (QED) is 0.847. The van der Waals surface area contributed by atoms with Crippen LogP contribution in [0.25, 0.3) is 0 Å². The van der Waals surface area contributed by atoms with Crippen molar-refractivity contribution in [3.8, 4) is 6.07 Å². The Balaban J connectivity index is 1.58. The predicted molar refractivity (Wildman–Crippen MR) is 77.2 cm³/mol. The second-order valence-corrected chi connectivity index (χ2v) is 5.74. The fourth-order valence-corrected chi connectivity index (χ4v) is 3.18. The number of hydrogen-bond donors (Lipinski definition) is 0. The van der Waals surface area contributed by atoms with Crippen LogP contribution in [-0.4, -0.2) is 55.2 Å². The molecule has 0 aliphatic carbocycles. The Bertz CT molecular complexity index is 537. The molecule has 0 aromatic heterocycles. The van der Waals surface area contributed by atoms with Crippen LogP contribution < -0.4 is 0 Å². The lowest BCUT2D eigenvalue weighted by molar-refractivity contribution is 0.0183. The van der Waals surface area contributed by atoms with E-state index in [-0.39, 0.29) is 5.82 Å². The van der Waals surface area contributed by atoms with E-state index in [0.717, 1.165) is 45.8 Å². The lowest BCUT2D eigenvalue weighted by Crippen LogP contribution is -2.44. The van der Waals surface area contributed by atoms with Gasteiger partial charge in [-0.2, -0.15) is 5.26 Å². The number of rotatable bonds is 3. The summed E-state index contributed by atoms with van der Waals surface area (Å²) < 4.78 is 19.3. The Hall–Kier alpha value is -1.48. The Morgan fingerprint density at radius 3 is 2.81 bits per heavy atom. The molecule has 3 rings (SSSR count). The molecule has 2 fully saturated rings. The Labute approximate surface area is 124 Å². The first kappa shape index (κ1) is 14.5. The SMILES string of the molecule is N#Cc1ccc(CN2CCC(N3CCOCC3)C2)c(F)c1. The van der Waals surface area contributed by atoms with Crippen LogP contribution in [0.3, 0.4) is 0 Å². The van der Waals surface area contributed by atoms with E-state index in [1.54, 1.807) is 12.1 Å². The van der Waals surface area contributed by atoms with E-state index in [0.29, 0.717) is 23.7 Å². The monoisotopic (exact) mass is 289 g/mol. The summed E-state index contributed by atoms with van der Waals surface area (Å²) in [6.07, 6.45) is 1.14. The standard InChI is InChI=1S/C16H20FN3O/c17-16-9-13(10-18)1-2-14(16)11-19-4-3-15(12-19)20-5-7-21-8-6-20/h1-2,9,15H,3-8,11-12H2. The van der Waals surface area contributed by atoms with Gasteiger partial charge in [0, 0.05) is 44.3 Å². The van der Waals surface area contributed by atoms with E-state index in [1.165, 1.54) is 6.07 Å². The van der Waals surface area contributed by atoms with Crippen LogP contribution in [0.5, 0.6) is 0 Å². The zero-order valence-corrected chi connectivity index (χ0v) is 12.1. The third-order valence-electron chi connectivity index (χ3n) is 4.39.